The summed E-state index contributed by atoms with van der Waals surface area (Å²) in [4.78, 5) is 2.14. The zero-order valence-corrected chi connectivity index (χ0v) is 12.6. The Morgan fingerprint density at radius 2 is 1.53 bits per heavy atom. The Hall–Kier alpha value is -1.76. The maximum absolute atomic E-state index is 2.27. The van der Waals surface area contributed by atoms with Crippen molar-refractivity contribution in [3.63, 3.8) is 0 Å². The lowest BCUT2D eigenvalue weighted by atomic mass is 9.82. The monoisotopic (exact) mass is 253 g/mol. The van der Waals surface area contributed by atoms with Gasteiger partial charge in [0.1, 0.15) is 0 Å². The number of hydrogen-bond donors (Lipinski definition) is 0. The van der Waals surface area contributed by atoms with Crippen LogP contribution in [-0.2, 0) is 5.41 Å². The molecule has 0 spiro atoms. The van der Waals surface area contributed by atoms with Crippen LogP contribution in [0.4, 0.5) is 5.69 Å². The van der Waals surface area contributed by atoms with Crippen LogP contribution in [0.15, 0.2) is 48.5 Å². The van der Waals surface area contributed by atoms with Crippen LogP contribution in [0.25, 0.3) is 11.1 Å². The number of hydrogen-bond acceptors (Lipinski definition) is 1. The lowest BCUT2D eigenvalue weighted by Gasteiger charge is -2.23. The fourth-order valence-electron chi connectivity index (χ4n) is 2.34. The molecule has 0 aliphatic heterocycles. The van der Waals surface area contributed by atoms with Gasteiger partial charge in [-0.1, -0.05) is 57.2 Å². The second-order valence-electron chi connectivity index (χ2n) is 6.24. The number of nitrogens with zero attached hydrogens (tertiary/aromatic N) is 1. The summed E-state index contributed by atoms with van der Waals surface area (Å²) in [6.07, 6.45) is 0. The molecule has 0 heterocycles. The summed E-state index contributed by atoms with van der Waals surface area (Å²) in [6, 6.07) is 17.4. The molecule has 0 radical (unpaired) electrons. The first-order chi connectivity index (χ1) is 8.89. The van der Waals surface area contributed by atoms with Gasteiger partial charge in [-0.2, -0.15) is 0 Å². The molecule has 19 heavy (non-hydrogen) atoms. The highest BCUT2D eigenvalue weighted by atomic mass is 15.1. The molecule has 0 atom stereocenters. The first kappa shape index (κ1) is 13.7. The zero-order valence-electron chi connectivity index (χ0n) is 12.6. The Morgan fingerprint density at radius 3 is 2.16 bits per heavy atom. The van der Waals surface area contributed by atoms with Crippen molar-refractivity contribution in [2.75, 3.05) is 19.0 Å². The van der Waals surface area contributed by atoms with Gasteiger partial charge in [-0.25, -0.2) is 0 Å². The molecule has 0 bridgehead atoms. The van der Waals surface area contributed by atoms with Crippen LogP contribution in [0.2, 0.25) is 0 Å². The van der Waals surface area contributed by atoms with Crippen molar-refractivity contribution >= 4 is 5.69 Å². The fraction of sp³-hybridized carbons (Fsp3) is 0.333. The molecule has 0 aliphatic carbocycles. The fourth-order valence-corrected chi connectivity index (χ4v) is 2.34. The molecule has 0 fully saturated rings. The molecule has 0 aromatic heterocycles. The maximum atomic E-state index is 2.27. The summed E-state index contributed by atoms with van der Waals surface area (Å²) < 4.78 is 0. The molecule has 2 aromatic rings. The summed E-state index contributed by atoms with van der Waals surface area (Å²) in [7, 11) is 4.16. The average molecular weight is 253 g/mol. The van der Waals surface area contributed by atoms with E-state index in [9.17, 15) is 0 Å². The average Bonchev–Trinajstić information content (AvgIpc) is 2.38. The molecule has 0 aliphatic rings. The van der Waals surface area contributed by atoms with Crippen LogP contribution in [0.3, 0.4) is 0 Å². The van der Waals surface area contributed by atoms with Gasteiger partial charge in [-0.15, -0.1) is 0 Å². The zero-order chi connectivity index (χ0) is 14.0. The van der Waals surface area contributed by atoms with Gasteiger partial charge < -0.3 is 4.90 Å². The van der Waals surface area contributed by atoms with Crippen molar-refractivity contribution in [3.05, 3.63) is 54.1 Å². The summed E-state index contributed by atoms with van der Waals surface area (Å²) in [6.45, 7) is 6.80. The Morgan fingerprint density at radius 1 is 0.842 bits per heavy atom. The molecule has 1 heteroatoms. The van der Waals surface area contributed by atoms with E-state index in [0.29, 0.717) is 0 Å². The normalized spacial score (nSPS) is 11.4. The van der Waals surface area contributed by atoms with Crippen molar-refractivity contribution < 1.29 is 0 Å². The van der Waals surface area contributed by atoms with Crippen LogP contribution < -0.4 is 4.90 Å². The molecule has 0 saturated carbocycles. The molecule has 0 saturated heterocycles. The second kappa shape index (κ2) is 5.08. The van der Waals surface area contributed by atoms with Crippen molar-refractivity contribution in [2.45, 2.75) is 26.2 Å². The summed E-state index contributed by atoms with van der Waals surface area (Å²) in [5.41, 5.74) is 5.41. The summed E-state index contributed by atoms with van der Waals surface area (Å²) in [5, 5.41) is 0. The topological polar surface area (TPSA) is 3.24 Å². The molecule has 0 N–H and O–H groups in total. The van der Waals surface area contributed by atoms with E-state index in [1.165, 1.54) is 22.4 Å². The van der Waals surface area contributed by atoms with Crippen molar-refractivity contribution in [2.24, 2.45) is 0 Å². The van der Waals surface area contributed by atoms with E-state index in [4.69, 9.17) is 0 Å². The third kappa shape index (κ3) is 2.98. The second-order valence-corrected chi connectivity index (χ2v) is 6.24. The highest BCUT2D eigenvalue weighted by Crippen LogP contribution is 2.33. The van der Waals surface area contributed by atoms with Crippen LogP contribution >= 0.6 is 0 Å². The molecular weight excluding hydrogens is 230 g/mol. The van der Waals surface area contributed by atoms with Gasteiger partial charge in [0.2, 0.25) is 0 Å². The molecule has 100 valence electrons. The first-order valence-corrected chi connectivity index (χ1v) is 6.77. The van der Waals surface area contributed by atoms with Crippen LogP contribution in [0, 0.1) is 0 Å². The van der Waals surface area contributed by atoms with Crippen LogP contribution in [-0.4, -0.2) is 14.1 Å². The molecule has 1 nitrogen and oxygen atoms in total. The SMILES string of the molecule is CN(C)c1cccc(-c2ccccc2C(C)(C)C)c1. The maximum Gasteiger partial charge on any atom is 0.0367 e. The molecule has 2 aromatic carbocycles. The third-order valence-electron chi connectivity index (χ3n) is 3.41. The number of rotatable bonds is 2. The Balaban J connectivity index is 2.56. The van der Waals surface area contributed by atoms with Crippen molar-refractivity contribution in [1.29, 1.82) is 0 Å². The predicted octanol–water partition coefficient (Wildman–Crippen LogP) is 4.72. The molecule has 2 rings (SSSR count). The quantitative estimate of drug-likeness (QED) is 0.748. The van der Waals surface area contributed by atoms with Crippen molar-refractivity contribution in [1.82, 2.24) is 0 Å². The Labute approximate surface area is 116 Å². The number of anilines is 1. The minimum Gasteiger partial charge on any atom is -0.378 e. The first-order valence-electron chi connectivity index (χ1n) is 6.77. The van der Waals surface area contributed by atoms with Gasteiger partial charge in [0, 0.05) is 19.8 Å². The van der Waals surface area contributed by atoms with E-state index in [2.05, 4.69) is 88.3 Å². The minimum absolute atomic E-state index is 0.157. The van der Waals surface area contributed by atoms with Gasteiger partial charge in [0.05, 0.1) is 0 Å². The Kier molecular flexibility index (Phi) is 3.66. The minimum atomic E-state index is 0.157. The van der Waals surface area contributed by atoms with Gasteiger partial charge in [-0.05, 0) is 34.2 Å². The van der Waals surface area contributed by atoms with Gasteiger partial charge >= 0.3 is 0 Å². The van der Waals surface area contributed by atoms with E-state index in [1.54, 1.807) is 0 Å². The van der Waals surface area contributed by atoms with Crippen LogP contribution in [0.1, 0.15) is 26.3 Å². The molecule has 0 unspecified atom stereocenters. The highest BCUT2D eigenvalue weighted by molar-refractivity contribution is 5.72. The van der Waals surface area contributed by atoms with E-state index >= 15 is 0 Å². The molecular formula is C18H23N. The lowest BCUT2D eigenvalue weighted by molar-refractivity contribution is 0.592. The Bertz CT molecular complexity index is 562. The highest BCUT2D eigenvalue weighted by Gasteiger charge is 2.18. The van der Waals surface area contributed by atoms with Crippen LogP contribution in [0.5, 0.6) is 0 Å². The van der Waals surface area contributed by atoms with E-state index in [0.717, 1.165) is 0 Å². The summed E-state index contributed by atoms with van der Waals surface area (Å²) >= 11 is 0. The van der Waals surface area contributed by atoms with E-state index in [1.807, 2.05) is 0 Å². The lowest BCUT2D eigenvalue weighted by Crippen LogP contribution is -2.13. The van der Waals surface area contributed by atoms with E-state index in [-0.39, 0.29) is 5.41 Å². The third-order valence-corrected chi connectivity index (χ3v) is 3.41. The standard InChI is InChI=1S/C18H23N/c1-18(2,3)17-12-7-6-11-16(17)14-9-8-10-15(13-14)19(4)5/h6-13H,1-5H3. The number of benzene rings is 2. The van der Waals surface area contributed by atoms with Gasteiger partial charge in [-0.3, -0.25) is 0 Å². The summed E-state index contributed by atoms with van der Waals surface area (Å²) in [5.74, 6) is 0. The molecule has 0 amide bonds. The largest absolute Gasteiger partial charge is 0.378 e. The van der Waals surface area contributed by atoms with Gasteiger partial charge in [0.15, 0.2) is 0 Å². The van der Waals surface area contributed by atoms with E-state index < -0.39 is 0 Å². The predicted molar refractivity (Wildman–Crippen MR) is 84.9 cm³/mol. The smallest absolute Gasteiger partial charge is 0.0367 e. The van der Waals surface area contributed by atoms with Gasteiger partial charge in [0.25, 0.3) is 0 Å². The van der Waals surface area contributed by atoms with Crippen molar-refractivity contribution in [3.8, 4) is 11.1 Å².